The van der Waals surface area contributed by atoms with E-state index in [4.69, 9.17) is 0 Å². The van der Waals surface area contributed by atoms with Crippen molar-refractivity contribution >= 4 is 28.4 Å². The van der Waals surface area contributed by atoms with E-state index in [0.717, 1.165) is 16.5 Å². The number of rotatable bonds is 5. The summed E-state index contributed by atoms with van der Waals surface area (Å²) in [6.45, 7) is 0. The number of pyridine rings is 1. The fraction of sp³-hybridized carbons (Fsp3) is 0.263. The van der Waals surface area contributed by atoms with Crippen LogP contribution in [0.1, 0.15) is 28.9 Å². The van der Waals surface area contributed by atoms with Crippen LogP contribution in [0.2, 0.25) is 0 Å². The minimum Gasteiger partial charge on any atom is -0.342 e. The van der Waals surface area contributed by atoms with Gasteiger partial charge in [-0.2, -0.15) is 5.10 Å². The van der Waals surface area contributed by atoms with Gasteiger partial charge in [-0.15, -0.1) is 0 Å². The quantitative estimate of drug-likeness (QED) is 0.645. The lowest BCUT2D eigenvalue weighted by atomic mass is 10.1. The first-order valence-corrected chi connectivity index (χ1v) is 8.66. The van der Waals surface area contributed by atoms with Crippen molar-refractivity contribution in [2.45, 2.75) is 30.5 Å². The second kappa shape index (κ2) is 5.35. The maximum absolute atomic E-state index is 13.6. The van der Waals surface area contributed by atoms with Crippen LogP contribution in [0.25, 0.3) is 10.9 Å². The fourth-order valence-electron chi connectivity index (χ4n) is 3.42. The van der Waals surface area contributed by atoms with Crippen LogP contribution in [0.3, 0.4) is 0 Å². The van der Waals surface area contributed by atoms with Gasteiger partial charge in [-0.05, 0) is 23.8 Å². The molecule has 7 nitrogen and oxygen atoms in total. The van der Waals surface area contributed by atoms with Crippen LogP contribution in [0.15, 0.2) is 42.7 Å². The van der Waals surface area contributed by atoms with Crippen LogP contribution in [-0.4, -0.2) is 38.2 Å². The molecule has 1 aromatic carbocycles. The predicted octanol–water partition coefficient (Wildman–Crippen LogP) is 2.12. The van der Waals surface area contributed by atoms with Crippen molar-refractivity contribution in [3.05, 3.63) is 54.0 Å². The van der Waals surface area contributed by atoms with Crippen molar-refractivity contribution in [3.63, 3.8) is 0 Å². The molecule has 2 saturated carbocycles. The summed E-state index contributed by atoms with van der Waals surface area (Å²) in [6.07, 6.45) is 4.11. The van der Waals surface area contributed by atoms with Crippen molar-refractivity contribution in [1.82, 2.24) is 20.5 Å². The molecular weight excluding hydrogens is 349 g/mol. The Morgan fingerprint density at radius 2 is 2.04 bits per heavy atom. The Labute approximate surface area is 153 Å². The average molecular weight is 365 g/mol. The second-order valence-electron chi connectivity index (χ2n) is 7.30. The third-order valence-corrected chi connectivity index (χ3v) is 5.27. The molecule has 27 heavy (non-hydrogen) atoms. The molecule has 0 radical (unpaired) electrons. The third-order valence-electron chi connectivity index (χ3n) is 5.27. The van der Waals surface area contributed by atoms with Gasteiger partial charge < -0.3 is 10.6 Å². The molecule has 0 spiro atoms. The van der Waals surface area contributed by atoms with Crippen LogP contribution in [0.4, 0.5) is 10.1 Å². The highest BCUT2D eigenvalue weighted by molar-refractivity contribution is 5.97. The van der Waals surface area contributed by atoms with Gasteiger partial charge in [0.25, 0.3) is 5.91 Å². The molecule has 2 aromatic heterocycles. The average Bonchev–Trinajstić information content (AvgIpc) is 3.26. The molecule has 136 valence electrons. The molecule has 3 N–H and O–H groups in total. The van der Waals surface area contributed by atoms with Crippen LogP contribution < -0.4 is 10.6 Å². The summed E-state index contributed by atoms with van der Waals surface area (Å²) < 4.78 is 13.6. The van der Waals surface area contributed by atoms with Gasteiger partial charge in [0.1, 0.15) is 11.4 Å². The highest BCUT2D eigenvalue weighted by Crippen LogP contribution is 2.73. The first-order valence-electron chi connectivity index (χ1n) is 8.66. The van der Waals surface area contributed by atoms with Gasteiger partial charge in [0.2, 0.25) is 5.91 Å². The van der Waals surface area contributed by atoms with E-state index >= 15 is 0 Å². The number of nitrogens with zero attached hydrogens (tertiary/aromatic N) is 2. The smallest absolute Gasteiger partial charge is 0.270 e. The molecule has 0 aliphatic heterocycles. The SMILES string of the molecule is O=C(Cc1ccc2cn[nH]c2c1)Nc1ccnc(C(=O)NC23CC2(F)C3)c1. The molecule has 0 unspecified atom stereocenters. The van der Waals surface area contributed by atoms with Crippen molar-refractivity contribution < 1.29 is 14.0 Å². The van der Waals surface area contributed by atoms with Gasteiger partial charge in [0, 0.05) is 30.1 Å². The van der Waals surface area contributed by atoms with Crippen LogP contribution >= 0.6 is 0 Å². The Morgan fingerprint density at radius 1 is 1.22 bits per heavy atom. The Kier molecular flexibility index (Phi) is 3.16. The van der Waals surface area contributed by atoms with E-state index in [0.29, 0.717) is 18.5 Å². The summed E-state index contributed by atoms with van der Waals surface area (Å²) >= 11 is 0. The number of halogens is 1. The lowest BCUT2D eigenvalue weighted by Crippen LogP contribution is -2.31. The van der Waals surface area contributed by atoms with Crippen LogP contribution in [-0.2, 0) is 11.2 Å². The number of benzene rings is 1. The second-order valence-corrected chi connectivity index (χ2v) is 7.30. The van der Waals surface area contributed by atoms with E-state index < -0.39 is 17.1 Å². The standard InChI is InChI=1S/C19H16FN5O2/c20-18-9-19(18,10-18)24-17(27)15-7-13(3-4-21-15)23-16(26)6-11-1-2-12-8-22-25-14(12)5-11/h1-5,7-8H,6,9-10H2,(H,22,25)(H,24,27)(H,21,23,26). The molecule has 2 fully saturated rings. The number of hydrogen-bond donors (Lipinski definition) is 3. The number of amides is 2. The van der Waals surface area contributed by atoms with Crippen molar-refractivity contribution in [3.8, 4) is 0 Å². The van der Waals surface area contributed by atoms with Crippen LogP contribution in [0.5, 0.6) is 0 Å². The summed E-state index contributed by atoms with van der Waals surface area (Å²) in [7, 11) is 0. The first kappa shape index (κ1) is 15.9. The number of carbonyl (C=O) groups excluding carboxylic acids is 2. The van der Waals surface area contributed by atoms with Gasteiger partial charge in [0.05, 0.1) is 23.7 Å². The predicted molar refractivity (Wildman–Crippen MR) is 95.9 cm³/mol. The molecule has 0 saturated heterocycles. The van der Waals surface area contributed by atoms with Gasteiger partial charge in [-0.25, -0.2) is 4.39 Å². The third kappa shape index (κ3) is 2.73. The Morgan fingerprint density at radius 3 is 2.81 bits per heavy atom. The van der Waals surface area contributed by atoms with Crippen LogP contribution in [0, 0.1) is 0 Å². The minimum atomic E-state index is -1.20. The summed E-state index contributed by atoms with van der Waals surface area (Å²) in [4.78, 5) is 28.6. The minimum absolute atomic E-state index is 0.155. The van der Waals surface area contributed by atoms with Gasteiger partial charge in [-0.1, -0.05) is 12.1 Å². The van der Waals surface area contributed by atoms with E-state index in [1.54, 1.807) is 12.3 Å². The molecule has 0 atom stereocenters. The zero-order valence-electron chi connectivity index (χ0n) is 14.3. The molecule has 2 heterocycles. The van der Waals surface area contributed by atoms with Crippen molar-refractivity contribution in [1.29, 1.82) is 0 Å². The number of nitrogens with one attached hydrogen (secondary N) is 3. The lowest BCUT2D eigenvalue weighted by molar-refractivity contribution is -0.115. The number of H-pyrrole nitrogens is 1. The first-order chi connectivity index (χ1) is 13.0. The summed E-state index contributed by atoms with van der Waals surface area (Å²) in [6, 6.07) is 8.75. The zero-order chi connectivity index (χ0) is 18.6. The van der Waals surface area contributed by atoms with Gasteiger partial charge in [0.15, 0.2) is 0 Å². The molecule has 5 rings (SSSR count). The number of aromatic nitrogens is 3. The number of carbonyl (C=O) groups is 2. The van der Waals surface area contributed by atoms with E-state index in [1.165, 1.54) is 12.3 Å². The van der Waals surface area contributed by atoms with Crippen molar-refractivity contribution in [2.24, 2.45) is 0 Å². The van der Waals surface area contributed by atoms with E-state index in [-0.39, 0.29) is 18.0 Å². The van der Waals surface area contributed by atoms with Crippen molar-refractivity contribution in [2.75, 3.05) is 5.32 Å². The van der Waals surface area contributed by atoms with Gasteiger partial charge >= 0.3 is 0 Å². The number of hydrogen-bond acceptors (Lipinski definition) is 4. The van der Waals surface area contributed by atoms with E-state index in [2.05, 4.69) is 25.8 Å². The van der Waals surface area contributed by atoms with E-state index in [9.17, 15) is 14.0 Å². The summed E-state index contributed by atoms with van der Waals surface area (Å²) in [5.41, 5.74) is 0.463. The zero-order valence-corrected chi connectivity index (χ0v) is 14.3. The Hall–Kier alpha value is -3.29. The molecule has 2 aliphatic carbocycles. The number of alkyl halides is 1. The molecule has 3 aromatic rings. The highest BCUT2D eigenvalue weighted by Gasteiger charge is 2.86. The maximum atomic E-state index is 13.6. The largest absolute Gasteiger partial charge is 0.342 e. The molecule has 2 amide bonds. The molecular formula is C19H16FN5O2. The monoisotopic (exact) mass is 365 g/mol. The molecule has 2 aliphatic rings. The number of anilines is 1. The molecule has 8 heteroatoms. The van der Waals surface area contributed by atoms with E-state index in [1.807, 2.05) is 18.2 Å². The Balaban J connectivity index is 1.24. The Bertz CT molecular complexity index is 1090. The summed E-state index contributed by atoms with van der Waals surface area (Å²) in [5.74, 6) is -0.634. The number of aromatic amines is 1. The van der Waals surface area contributed by atoms with Gasteiger partial charge in [-0.3, -0.25) is 19.7 Å². The lowest BCUT2D eigenvalue weighted by Gasteiger charge is -2.09. The highest BCUT2D eigenvalue weighted by atomic mass is 19.1. The molecule has 0 bridgehead atoms. The normalized spacial score (nSPS) is 24.9. The number of fused-ring (bicyclic) bond motifs is 2. The topological polar surface area (TPSA) is 99.8 Å². The fourth-order valence-corrected chi connectivity index (χ4v) is 3.42. The summed E-state index contributed by atoms with van der Waals surface area (Å²) in [5, 5.41) is 13.3. The maximum Gasteiger partial charge on any atom is 0.270 e.